The highest BCUT2D eigenvalue weighted by Crippen LogP contribution is 2.36. The number of methoxy groups -OCH3 is 1. The largest absolute Gasteiger partial charge is 0.504 e. The van der Waals surface area contributed by atoms with Crippen molar-refractivity contribution in [2.75, 3.05) is 12.4 Å². The number of rotatable bonds is 6. The second kappa shape index (κ2) is 9.54. The normalized spacial score (nSPS) is 10.9. The van der Waals surface area contributed by atoms with E-state index in [9.17, 15) is 14.7 Å². The van der Waals surface area contributed by atoms with Gasteiger partial charge in [-0.05, 0) is 49.4 Å². The fourth-order valence-electron chi connectivity index (χ4n) is 4.14. The lowest BCUT2D eigenvalue weighted by atomic mass is 10.2. The molecule has 9 heteroatoms. The molecule has 2 aromatic heterocycles. The Kier molecular flexibility index (Phi) is 6.10. The molecule has 2 heterocycles. The first kappa shape index (κ1) is 23.7. The van der Waals surface area contributed by atoms with Gasteiger partial charge < -0.3 is 19.9 Å². The summed E-state index contributed by atoms with van der Waals surface area (Å²) in [5.41, 5.74) is 1.74. The highest BCUT2D eigenvalue weighted by molar-refractivity contribution is 6.05. The van der Waals surface area contributed by atoms with E-state index in [1.165, 1.54) is 10.7 Å². The van der Waals surface area contributed by atoms with E-state index in [0.29, 0.717) is 34.1 Å². The molecule has 0 saturated heterocycles. The first-order chi connectivity index (χ1) is 17.9. The standard InChI is InChI=1S/C28H24N4O5/c1-17-26(28(35)32(31(17)2)19-7-5-4-6-8-19)27(34)30-18-9-12-25(23(33)15-18)37-24-13-14-29-22-16-20(36-3)10-11-21(22)24/h4-16,33H,1-3H3,(H,30,34). The fourth-order valence-corrected chi connectivity index (χ4v) is 4.14. The van der Waals surface area contributed by atoms with Gasteiger partial charge in [-0.15, -0.1) is 0 Å². The zero-order valence-corrected chi connectivity index (χ0v) is 20.4. The molecule has 0 atom stereocenters. The van der Waals surface area contributed by atoms with Gasteiger partial charge in [0.15, 0.2) is 11.5 Å². The molecule has 186 valence electrons. The van der Waals surface area contributed by atoms with Crippen LogP contribution in [0.5, 0.6) is 23.0 Å². The lowest BCUT2D eigenvalue weighted by Crippen LogP contribution is -2.25. The van der Waals surface area contributed by atoms with Crippen molar-refractivity contribution in [1.82, 2.24) is 14.3 Å². The lowest BCUT2D eigenvalue weighted by molar-refractivity contribution is 0.102. The van der Waals surface area contributed by atoms with Gasteiger partial charge in [0.2, 0.25) is 0 Å². The number of pyridine rings is 1. The monoisotopic (exact) mass is 496 g/mol. The number of amides is 1. The molecule has 0 radical (unpaired) electrons. The summed E-state index contributed by atoms with van der Waals surface area (Å²) in [4.78, 5) is 30.5. The third-order valence-corrected chi connectivity index (χ3v) is 6.13. The number of aromatic hydroxyl groups is 1. The number of phenols is 1. The highest BCUT2D eigenvalue weighted by Gasteiger charge is 2.22. The van der Waals surface area contributed by atoms with Crippen LogP contribution in [-0.2, 0) is 7.05 Å². The molecule has 37 heavy (non-hydrogen) atoms. The van der Waals surface area contributed by atoms with Crippen LogP contribution in [0, 0.1) is 6.92 Å². The van der Waals surface area contributed by atoms with Crippen molar-refractivity contribution in [3.8, 4) is 28.7 Å². The Labute approximate surface area is 212 Å². The maximum absolute atomic E-state index is 13.1. The molecule has 2 N–H and O–H groups in total. The topological polar surface area (TPSA) is 108 Å². The molecule has 0 fully saturated rings. The Hall–Kier alpha value is -5.05. The van der Waals surface area contributed by atoms with E-state index in [1.807, 2.05) is 24.3 Å². The molecule has 5 rings (SSSR count). The summed E-state index contributed by atoms with van der Waals surface area (Å²) in [5.74, 6) is 0.617. The molecule has 1 amide bonds. The van der Waals surface area contributed by atoms with Crippen LogP contribution in [0.2, 0.25) is 0 Å². The molecular formula is C28H24N4O5. The molecule has 0 aliphatic heterocycles. The number of ether oxygens (including phenoxy) is 2. The van der Waals surface area contributed by atoms with Crippen LogP contribution in [0.1, 0.15) is 16.1 Å². The third-order valence-electron chi connectivity index (χ3n) is 6.13. The number of nitrogens with zero attached hydrogens (tertiary/aromatic N) is 3. The number of benzene rings is 3. The number of carbonyl (C=O) groups excluding carboxylic acids is 1. The molecule has 3 aromatic carbocycles. The number of anilines is 1. The van der Waals surface area contributed by atoms with Crippen LogP contribution < -0.4 is 20.3 Å². The average molecular weight is 497 g/mol. The first-order valence-corrected chi connectivity index (χ1v) is 11.5. The summed E-state index contributed by atoms with van der Waals surface area (Å²) in [6, 6.07) is 20.7. The number of hydrogen-bond donors (Lipinski definition) is 2. The Morgan fingerprint density at radius 3 is 2.51 bits per heavy atom. The lowest BCUT2D eigenvalue weighted by Gasteiger charge is -2.12. The number of fused-ring (bicyclic) bond motifs is 1. The number of phenolic OH excluding ortho intramolecular Hbond substituents is 1. The van der Waals surface area contributed by atoms with Crippen LogP contribution in [0.15, 0.2) is 83.8 Å². The van der Waals surface area contributed by atoms with E-state index in [2.05, 4.69) is 10.3 Å². The van der Waals surface area contributed by atoms with E-state index in [-0.39, 0.29) is 17.1 Å². The van der Waals surface area contributed by atoms with E-state index in [1.54, 1.807) is 74.4 Å². The van der Waals surface area contributed by atoms with Crippen molar-refractivity contribution in [1.29, 1.82) is 0 Å². The minimum absolute atomic E-state index is 0.0184. The summed E-state index contributed by atoms with van der Waals surface area (Å²) >= 11 is 0. The van der Waals surface area contributed by atoms with Gasteiger partial charge in [-0.1, -0.05) is 18.2 Å². The number of hydrogen-bond acceptors (Lipinski definition) is 6. The quantitative estimate of drug-likeness (QED) is 0.350. The van der Waals surface area contributed by atoms with Crippen molar-refractivity contribution >= 4 is 22.5 Å². The zero-order valence-electron chi connectivity index (χ0n) is 20.4. The van der Waals surface area contributed by atoms with Crippen LogP contribution >= 0.6 is 0 Å². The van der Waals surface area contributed by atoms with Crippen LogP contribution in [0.3, 0.4) is 0 Å². The van der Waals surface area contributed by atoms with Gasteiger partial charge in [-0.2, -0.15) is 0 Å². The van der Waals surface area contributed by atoms with Gasteiger partial charge in [0.05, 0.1) is 24.0 Å². The molecule has 0 bridgehead atoms. The van der Waals surface area contributed by atoms with Crippen molar-refractivity contribution in [3.63, 3.8) is 0 Å². The minimum Gasteiger partial charge on any atom is -0.504 e. The summed E-state index contributed by atoms with van der Waals surface area (Å²) in [7, 11) is 3.30. The molecule has 0 spiro atoms. The Morgan fingerprint density at radius 2 is 1.78 bits per heavy atom. The Bertz CT molecular complexity index is 1690. The second-order valence-electron chi connectivity index (χ2n) is 8.37. The molecule has 0 aliphatic carbocycles. The maximum Gasteiger partial charge on any atom is 0.284 e. The van der Waals surface area contributed by atoms with Crippen LogP contribution in [-0.4, -0.2) is 32.5 Å². The molecule has 5 aromatic rings. The molecule has 9 nitrogen and oxygen atoms in total. The van der Waals surface area contributed by atoms with Crippen LogP contribution in [0.25, 0.3) is 16.6 Å². The van der Waals surface area contributed by atoms with Gasteiger partial charge in [-0.3, -0.25) is 19.3 Å². The van der Waals surface area contributed by atoms with Gasteiger partial charge in [0.25, 0.3) is 11.5 Å². The van der Waals surface area contributed by atoms with Crippen molar-refractivity contribution < 1.29 is 19.4 Å². The van der Waals surface area contributed by atoms with Crippen molar-refractivity contribution in [2.24, 2.45) is 7.05 Å². The molecule has 0 saturated carbocycles. The number of para-hydroxylation sites is 1. The van der Waals surface area contributed by atoms with Gasteiger partial charge in [0.1, 0.15) is 17.1 Å². The number of nitrogens with one attached hydrogen (secondary N) is 1. The van der Waals surface area contributed by atoms with Gasteiger partial charge in [-0.25, -0.2) is 4.68 Å². The average Bonchev–Trinajstić information content (AvgIpc) is 3.13. The van der Waals surface area contributed by atoms with E-state index in [0.717, 1.165) is 5.39 Å². The molecular weight excluding hydrogens is 472 g/mol. The predicted octanol–water partition coefficient (Wildman–Crippen LogP) is 4.79. The SMILES string of the molecule is COc1ccc2c(Oc3ccc(NC(=O)c4c(C)n(C)n(-c5ccccc5)c4=O)cc3O)ccnc2c1. The second-order valence-corrected chi connectivity index (χ2v) is 8.37. The Morgan fingerprint density at radius 1 is 1.00 bits per heavy atom. The van der Waals surface area contributed by atoms with E-state index >= 15 is 0 Å². The van der Waals surface area contributed by atoms with Crippen molar-refractivity contribution in [2.45, 2.75) is 6.92 Å². The van der Waals surface area contributed by atoms with Crippen molar-refractivity contribution in [3.05, 3.63) is 101 Å². The predicted molar refractivity (Wildman–Crippen MR) is 140 cm³/mol. The summed E-state index contributed by atoms with van der Waals surface area (Å²) < 4.78 is 14.3. The first-order valence-electron chi connectivity index (χ1n) is 11.5. The molecule has 0 unspecified atom stereocenters. The maximum atomic E-state index is 13.1. The fraction of sp³-hybridized carbons (Fsp3) is 0.107. The minimum atomic E-state index is -0.574. The van der Waals surface area contributed by atoms with Crippen LogP contribution in [0.4, 0.5) is 5.69 Å². The van der Waals surface area contributed by atoms with E-state index < -0.39 is 11.5 Å². The smallest absolute Gasteiger partial charge is 0.284 e. The van der Waals surface area contributed by atoms with Gasteiger partial charge in [0, 0.05) is 36.5 Å². The highest BCUT2D eigenvalue weighted by atomic mass is 16.5. The number of carbonyl (C=O) groups is 1. The third kappa shape index (κ3) is 4.38. The number of aromatic nitrogens is 3. The van der Waals surface area contributed by atoms with E-state index in [4.69, 9.17) is 9.47 Å². The molecule has 0 aliphatic rings. The zero-order chi connectivity index (χ0) is 26.1. The summed E-state index contributed by atoms with van der Waals surface area (Å²) in [5, 5.41) is 14.1. The van der Waals surface area contributed by atoms with Gasteiger partial charge >= 0.3 is 0 Å². The summed E-state index contributed by atoms with van der Waals surface area (Å²) in [6.07, 6.45) is 1.60. The summed E-state index contributed by atoms with van der Waals surface area (Å²) in [6.45, 7) is 1.71. The Balaban J connectivity index is 1.39.